The Hall–Kier alpha value is -2.88. The van der Waals surface area contributed by atoms with Gasteiger partial charge in [-0.1, -0.05) is 11.2 Å². The fraction of sp³-hybridized carbons (Fsp3) is 0.458. The first-order valence-electron chi connectivity index (χ1n) is 12.3. The van der Waals surface area contributed by atoms with Gasteiger partial charge in [-0.3, -0.25) is 28.9 Å². The van der Waals surface area contributed by atoms with Gasteiger partial charge in [0.2, 0.25) is 5.91 Å². The SMILES string of the molecule is CC(=O)N1CCN(Cc2cnc(NC(=O)C(=NO[C@@H]3CCOC3)c3ccc(S(O)(O)C4=CC4)nc3)s2)CC1. The lowest BCUT2D eigenvalue weighted by Gasteiger charge is -2.33. The van der Waals surface area contributed by atoms with Crippen molar-refractivity contribution >= 4 is 44.6 Å². The summed E-state index contributed by atoms with van der Waals surface area (Å²) < 4.78 is 26.1. The number of hydrogen-bond acceptors (Lipinski definition) is 11. The third kappa shape index (κ3) is 6.39. The molecule has 0 spiro atoms. The summed E-state index contributed by atoms with van der Waals surface area (Å²) in [4.78, 5) is 44.6. The van der Waals surface area contributed by atoms with Crippen molar-refractivity contribution in [1.29, 1.82) is 0 Å². The van der Waals surface area contributed by atoms with E-state index in [9.17, 15) is 18.7 Å². The van der Waals surface area contributed by atoms with E-state index in [1.807, 2.05) is 4.90 Å². The standard InChI is InChI=1S/C24H30N6O6S2/c1-16(31)30-9-7-29(8-10-30)14-19-13-26-24(37-19)27-23(32)22(28-36-18-6-11-35-15-18)17-2-5-21(25-12-17)38(33,34)20-3-4-20/h2-3,5,12-13,18,33-34H,4,6-11,14-15H2,1H3,(H,26,27,32)/t18-/m1/s1. The van der Waals surface area contributed by atoms with Crippen LogP contribution in [0.1, 0.15) is 30.2 Å². The van der Waals surface area contributed by atoms with Gasteiger partial charge in [0.25, 0.3) is 5.91 Å². The topological polar surface area (TPSA) is 150 Å². The predicted molar refractivity (Wildman–Crippen MR) is 143 cm³/mol. The summed E-state index contributed by atoms with van der Waals surface area (Å²) in [7, 11) is -3.09. The summed E-state index contributed by atoms with van der Waals surface area (Å²) in [5, 5.41) is 7.48. The fourth-order valence-corrected chi connectivity index (χ4v) is 6.21. The third-order valence-electron chi connectivity index (χ3n) is 6.40. The molecule has 5 rings (SSSR count). The molecule has 0 unspecified atom stereocenters. The average Bonchev–Trinajstić information content (AvgIpc) is 3.49. The van der Waals surface area contributed by atoms with E-state index in [1.165, 1.54) is 23.6 Å². The molecule has 1 atom stereocenters. The molecule has 2 aliphatic heterocycles. The van der Waals surface area contributed by atoms with Gasteiger partial charge in [0.15, 0.2) is 22.0 Å². The number of aromatic nitrogens is 2. The minimum atomic E-state index is -3.09. The largest absolute Gasteiger partial charge is 0.389 e. The maximum absolute atomic E-state index is 13.3. The molecular weight excluding hydrogens is 532 g/mol. The van der Waals surface area contributed by atoms with Crippen LogP contribution in [0.3, 0.4) is 0 Å². The summed E-state index contributed by atoms with van der Waals surface area (Å²) in [5.41, 5.74) is 0.362. The number of hydrogen-bond donors (Lipinski definition) is 3. The molecule has 14 heteroatoms. The lowest BCUT2D eigenvalue weighted by molar-refractivity contribution is -0.130. The van der Waals surface area contributed by atoms with Crippen molar-refractivity contribution in [2.75, 3.05) is 44.7 Å². The highest BCUT2D eigenvalue weighted by atomic mass is 32.3. The Labute approximate surface area is 225 Å². The first-order valence-corrected chi connectivity index (χ1v) is 14.6. The number of oxime groups is 1. The first kappa shape index (κ1) is 26.7. The van der Waals surface area contributed by atoms with Crippen molar-refractivity contribution < 1.29 is 28.3 Å². The summed E-state index contributed by atoms with van der Waals surface area (Å²) in [6.45, 7) is 6.18. The number of carbonyl (C=O) groups is 2. The summed E-state index contributed by atoms with van der Waals surface area (Å²) in [5.74, 6) is -0.432. The maximum atomic E-state index is 13.3. The van der Waals surface area contributed by atoms with Crippen LogP contribution < -0.4 is 5.32 Å². The molecule has 3 aliphatic rings. The minimum Gasteiger partial charge on any atom is -0.389 e. The van der Waals surface area contributed by atoms with E-state index >= 15 is 0 Å². The van der Waals surface area contributed by atoms with Crippen molar-refractivity contribution in [2.45, 2.75) is 37.4 Å². The smallest absolute Gasteiger partial charge is 0.280 e. The molecule has 2 fully saturated rings. The average molecular weight is 563 g/mol. The number of nitrogens with one attached hydrogen (secondary N) is 1. The van der Waals surface area contributed by atoms with E-state index < -0.39 is 16.5 Å². The van der Waals surface area contributed by atoms with E-state index in [4.69, 9.17) is 9.57 Å². The number of anilines is 1. The first-order chi connectivity index (χ1) is 18.3. The summed E-state index contributed by atoms with van der Waals surface area (Å²) in [6.07, 6.45) is 5.83. The molecule has 0 bridgehead atoms. The number of pyridine rings is 1. The number of piperazine rings is 1. The Balaban J connectivity index is 1.26. The normalized spacial score (nSPS) is 20.7. The monoisotopic (exact) mass is 562 g/mol. The van der Waals surface area contributed by atoms with Crippen LogP contribution in [0.25, 0.3) is 0 Å². The van der Waals surface area contributed by atoms with Crippen molar-refractivity contribution in [1.82, 2.24) is 19.8 Å². The fourth-order valence-electron chi connectivity index (χ4n) is 4.08. The molecule has 2 aromatic heterocycles. The molecule has 38 heavy (non-hydrogen) atoms. The molecule has 12 nitrogen and oxygen atoms in total. The summed E-state index contributed by atoms with van der Waals surface area (Å²) in [6, 6.07) is 3.05. The number of rotatable bonds is 9. The number of ether oxygens (including phenoxy) is 1. The van der Waals surface area contributed by atoms with Crippen molar-refractivity contribution in [3.63, 3.8) is 0 Å². The molecule has 2 saturated heterocycles. The van der Waals surface area contributed by atoms with Gasteiger partial charge in [0.05, 0.1) is 13.2 Å². The minimum absolute atomic E-state index is 0.00447. The zero-order valence-corrected chi connectivity index (χ0v) is 22.5. The van der Waals surface area contributed by atoms with Crippen LogP contribution >= 0.6 is 21.9 Å². The van der Waals surface area contributed by atoms with E-state index in [-0.39, 0.29) is 22.7 Å². The lowest BCUT2D eigenvalue weighted by Crippen LogP contribution is -2.47. The molecule has 2 aromatic rings. The van der Waals surface area contributed by atoms with Gasteiger partial charge in [-0.15, -0.1) is 21.9 Å². The van der Waals surface area contributed by atoms with Crippen molar-refractivity contribution in [2.24, 2.45) is 5.16 Å². The molecule has 0 radical (unpaired) electrons. The van der Waals surface area contributed by atoms with Crippen LogP contribution in [0, 0.1) is 0 Å². The number of thiazole rings is 1. The highest BCUT2D eigenvalue weighted by molar-refractivity contribution is 8.27. The van der Waals surface area contributed by atoms with Gasteiger partial charge in [0, 0.05) is 80.2 Å². The quantitative estimate of drug-likeness (QED) is 0.310. The van der Waals surface area contributed by atoms with Gasteiger partial charge >= 0.3 is 0 Å². The molecule has 2 amide bonds. The van der Waals surface area contributed by atoms with Gasteiger partial charge < -0.3 is 14.5 Å². The Morgan fingerprint density at radius 3 is 2.66 bits per heavy atom. The van der Waals surface area contributed by atoms with Crippen LogP contribution in [-0.2, 0) is 25.7 Å². The van der Waals surface area contributed by atoms with Gasteiger partial charge in [0.1, 0.15) is 0 Å². The Kier molecular flexibility index (Phi) is 8.07. The molecule has 0 aromatic carbocycles. The van der Waals surface area contributed by atoms with Crippen molar-refractivity contribution in [3.05, 3.63) is 45.9 Å². The van der Waals surface area contributed by atoms with E-state index in [0.29, 0.717) is 61.3 Å². The molecule has 3 N–H and O–H groups in total. The highest BCUT2D eigenvalue weighted by Crippen LogP contribution is 2.60. The lowest BCUT2D eigenvalue weighted by atomic mass is 10.2. The molecule has 1 aliphatic carbocycles. The van der Waals surface area contributed by atoms with E-state index in [0.717, 1.165) is 18.0 Å². The number of amides is 2. The number of carbonyl (C=O) groups excluding carboxylic acids is 2. The maximum Gasteiger partial charge on any atom is 0.280 e. The van der Waals surface area contributed by atoms with Crippen LogP contribution in [0.15, 0.2) is 45.7 Å². The second kappa shape index (κ2) is 11.5. The zero-order chi connectivity index (χ0) is 26.7. The van der Waals surface area contributed by atoms with Crippen LogP contribution in [0.2, 0.25) is 0 Å². The molecule has 0 saturated carbocycles. The Morgan fingerprint density at radius 2 is 2.03 bits per heavy atom. The molecular formula is C24H30N6O6S2. The molecule has 4 heterocycles. The number of nitrogens with zero attached hydrogens (tertiary/aromatic N) is 5. The van der Waals surface area contributed by atoms with Crippen molar-refractivity contribution in [3.8, 4) is 0 Å². The van der Waals surface area contributed by atoms with Gasteiger partial charge in [-0.2, -0.15) is 0 Å². The highest BCUT2D eigenvalue weighted by Gasteiger charge is 2.29. The van der Waals surface area contributed by atoms with E-state index in [2.05, 4.69) is 25.3 Å². The van der Waals surface area contributed by atoms with Gasteiger partial charge in [-0.25, -0.2) is 9.97 Å². The number of allylic oxidation sites excluding steroid dienone is 2. The summed E-state index contributed by atoms with van der Waals surface area (Å²) >= 11 is 1.37. The van der Waals surface area contributed by atoms with E-state index in [1.54, 1.807) is 25.3 Å². The Bertz CT molecular complexity index is 1230. The zero-order valence-electron chi connectivity index (χ0n) is 20.9. The van der Waals surface area contributed by atoms with Crippen LogP contribution in [-0.4, -0.2) is 91.9 Å². The second-order valence-electron chi connectivity index (χ2n) is 9.21. The Morgan fingerprint density at radius 1 is 1.24 bits per heavy atom. The third-order valence-corrected chi connectivity index (χ3v) is 9.19. The molecule has 204 valence electrons. The van der Waals surface area contributed by atoms with Gasteiger partial charge in [-0.05, 0) is 12.1 Å². The van der Waals surface area contributed by atoms with Crippen LogP contribution in [0.4, 0.5) is 5.13 Å². The second-order valence-corrected chi connectivity index (χ2v) is 12.4. The van der Waals surface area contributed by atoms with Crippen LogP contribution in [0.5, 0.6) is 0 Å². The predicted octanol–water partition coefficient (Wildman–Crippen LogP) is 2.75.